The molecule has 5 aromatic rings. The van der Waals surface area contributed by atoms with E-state index in [4.69, 9.17) is 1.37 Å². The number of fused-ring (bicyclic) bond motifs is 1. The molecule has 0 N–H and O–H groups in total. The molecular weight excluding hydrogens is 428 g/mol. The fourth-order valence-corrected chi connectivity index (χ4v) is 7.17. The molecule has 0 aliphatic rings. The third kappa shape index (κ3) is 3.86. The quantitative estimate of drug-likeness (QED) is 0.243. The van der Waals surface area contributed by atoms with Gasteiger partial charge in [-0.1, -0.05) is 84.1 Å². The predicted octanol–water partition coefficient (Wildman–Crippen LogP) is 5.83. The number of rotatable bonds is 4. The molecule has 0 amide bonds. The summed E-state index contributed by atoms with van der Waals surface area (Å²) in [5.41, 5.74) is 6.78. The van der Waals surface area contributed by atoms with E-state index in [0.717, 1.165) is 33.3 Å². The Balaban J connectivity index is 1.75. The summed E-state index contributed by atoms with van der Waals surface area (Å²) in [7, 11) is 0.194. The first-order valence-electron chi connectivity index (χ1n) is 12.3. The molecule has 0 unspecified atom stereocenters. The molecule has 2 aromatic heterocycles. The lowest BCUT2D eigenvalue weighted by molar-refractivity contribution is -0.665. The topological polar surface area (TPSA) is 16.8 Å². The van der Waals surface area contributed by atoms with Crippen molar-refractivity contribution in [2.24, 2.45) is 7.05 Å². The molecule has 0 saturated heterocycles. The van der Waals surface area contributed by atoms with Gasteiger partial charge in [0.1, 0.15) is 15.1 Å². The second-order valence-electron chi connectivity index (χ2n) is 9.64. The van der Waals surface area contributed by atoms with Gasteiger partial charge in [-0.25, -0.2) is 0 Å². The Morgan fingerprint density at radius 2 is 1.62 bits per heavy atom. The van der Waals surface area contributed by atoms with Gasteiger partial charge in [0.05, 0.1) is 12.3 Å². The molecule has 0 radical (unpaired) electrons. The van der Waals surface area contributed by atoms with E-state index < -0.39 is 8.07 Å². The highest BCUT2D eigenvalue weighted by atomic mass is 28.3. The summed E-state index contributed by atoms with van der Waals surface area (Å²) in [5.74, 6) is 0. The number of pyridine rings is 2. The highest BCUT2D eigenvalue weighted by Gasteiger charge is 2.27. The molecular formula is C31H31N2Si+. The predicted molar refractivity (Wildman–Crippen MR) is 146 cm³/mol. The van der Waals surface area contributed by atoms with Crippen LogP contribution in [-0.4, -0.2) is 13.1 Å². The van der Waals surface area contributed by atoms with Gasteiger partial charge < -0.3 is 0 Å². The van der Waals surface area contributed by atoms with E-state index in [1.165, 1.54) is 21.5 Å². The van der Waals surface area contributed by atoms with Crippen LogP contribution in [0.15, 0.2) is 97.3 Å². The Morgan fingerprint density at radius 1 is 0.824 bits per heavy atom. The first-order chi connectivity index (χ1) is 16.8. The normalized spacial score (nSPS) is 12.1. The standard InChI is InChI=1S/C31H31N2Si/c1-22-13-14-24(25-10-9-17-32-21-25)20-30(22)31-29-16-15-28(19-26(29)18-23(2)33(31)3)34(4,5)27-11-7-6-8-12-27/h6-21H,1-5H3/q+1/i18D. The lowest BCUT2D eigenvalue weighted by atomic mass is 9.95. The van der Waals surface area contributed by atoms with Gasteiger partial charge in [-0.2, -0.15) is 4.57 Å². The fourth-order valence-electron chi connectivity index (χ4n) is 4.81. The van der Waals surface area contributed by atoms with Crippen molar-refractivity contribution in [1.82, 2.24) is 4.98 Å². The van der Waals surface area contributed by atoms with Gasteiger partial charge in [0, 0.05) is 30.9 Å². The van der Waals surface area contributed by atoms with Crippen molar-refractivity contribution in [2.75, 3.05) is 0 Å². The van der Waals surface area contributed by atoms with Crippen molar-refractivity contribution in [1.29, 1.82) is 0 Å². The molecule has 3 heteroatoms. The monoisotopic (exact) mass is 460 g/mol. The summed E-state index contributed by atoms with van der Waals surface area (Å²) >= 11 is 0. The van der Waals surface area contributed by atoms with Gasteiger partial charge >= 0.3 is 0 Å². The van der Waals surface area contributed by atoms with Crippen molar-refractivity contribution < 1.29 is 5.94 Å². The van der Waals surface area contributed by atoms with E-state index in [-0.39, 0.29) is 0 Å². The minimum Gasteiger partial charge on any atom is -0.264 e. The molecule has 2 heterocycles. The SMILES string of the molecule is [2H]c1c(C)[n+](C)c(-c2cc(-c3cccnc3)ccc2C)c2ccc([Si](C)(C)c3ccccc3)cc12. The summed E-state index contributed by atoms with van der Waals surface area (Å²) in [6.07, 6.45) is 3.72. The molecule has 168 valence electrons. The van der Waals surface area contributed by atoms with Crippen LogP contribution in [0.4, 0.5) is 0 Å². The number of aromatic nitrogens is 2. The van der Waals surface area contributed by atoms with Crippen LogP contribution in [0.25, 0.3) is 33.2 Å². The van der Waals surface area contributed by atoms with E-state index >= 15 is 0 Å². The third-order valence-corrected chi connectivity index (χ3v) is 10.7. The molecule has 2 nitrogen and oxygen atoms in total. The second kappa shape index (κ2) is 8.66. The fraction of sp³-hybridized carbons (Fsp3) is 0.161. The van der Waals surface area contributed by atoms with Crippen molar-refractivity contribution in [3.8, 4) is 22.4 Å². The number of hydrogen-bond donors (Lipinski definition) is 0. The third-order valence-electron chi connectivity index (χ3n) is 7.13. The molecule has 0 spiro atoms. The number of nitrogens with zero attached hydrogens (tertiary/aromatic N) is 2. The van der Waals surface area contributed by atoms with Gasteiger partial charge in [0.15, 0.2) is 5.69 Å². The van der Waals surface area contributed by atoms with E-state index in [0.29, 0.717) is 6.04 Å². The van der Waals surface area contributed by atoms with Crippen LogP contribution in [-0.2, 0) is 7.05 Å². The van der Waals surface area contributed by atoms with E-state index in [1.54, 1.807) is 6.20 Å². The summed E-state index contributed by atoms with van der Waals surface area (Å²) < 4.78 is 11.2. The van der Waals surface area contributed by atoms with Gasteiger partial charge in [-0.15, -0.1) is 0 Å². The van der Waals surface area contributed by atoms with Gasteiger partial charge in [-0.3, -0.25) is 4.98 Å². The molecule has 0 saturated carbocycles. The maximum Gasteiger partial charge on any atom is 0.220 e. The molecule has 0 aliphatic carbocycles. The molecule has 0 fully saturated rings. The average Bonchev–Trinajstić information content (AvgIpc) is 2.89. The average molecular weight is 461 g/mol. The maximum atomic E-state index is 9.01. The van der Waals surface area contributed by atoms with E-state index in [2.05, 4.69) is 116 Å². The summed E-state index contributed by atoms with van der Waals surface area (Å²) in [6.45, 7) is 9.01. The Kier molecular flexibility index (Phi) is 5.35. The molecule has 34 heavy (non-hydrogen) atoms. The minimum absolute atomic E-state index is 0.604. The lowest BCUT2D eigenvalue weighted by Gasteiger charge is -2.24. The van der Waals surface area contributed by atoms with Crippen molar-refractivity contribution >= 4 is 29.2 Å². The zero-order chi connectivity index (χ0) is 24.7. The van der Waals surface area contributed by atoms with Crippen molar-refractivity contribution in [3.63, 3.8) is 0 Å². The Morgan fingerprint density at radius 3 is 2.35 bits per heavy atom. The Bertz CT molecular complexity index is 1540. The highest BCUT2D eigenvalue weighted by Crippen LogP contribution is 2.32. The zero-order valence-corrected chi connectivity index (χ0v) is 21.6. The summed E-state index contributed by atoms with van der Waals surface area (Å²) in [6, 6.07) is 28.9. The number of hydrogen-bond acceptors (Lipinski definition) is 1. The summed E-state index contributed by atoms with van der Waals surface area (Å²) in [4.78, 5) is 4.31. The van der Waals surface area contributed by atoms with Crippen LogP contribution in [0.2, 0.25) is 13.1 Å². The van der Waals surface area contributed by atoms with Gasteiger partial charge in [0.25, 0.3) is 0 Å². The minimum atomic E-state index is -1.88. The number of aryl methyl sites for hydroxylation is 1. The summed E-state index contributed by atoms with van der Waals surface area (Å²) in [5, 5.41) is 4.90. The molecule has 3 aromatic carbocycles. The zero-order valence-electron chi connectivity index (χ0n) is 21.6. The van der Waals surface area contributed by atoms with Crippen LogP contribution in [0.1, 0.15) is 12.6 Å². The van der Waals surface area contributed by atoms with Gasteiger partial charge in [0.2, 0.25) is 5.69 Å². The van der Waals surface area contributed by atoms with E-state index in [9.17, 15) is 0 Å². The first-order valence-corrected chi connectivity index (χ1v) is 14.8. The number of benzene rings is 3. The van der Waals surface area contributed by atoms with Crippen LogP contribution in [0, 0.1) is 13.8 Å². The first kappa shape index (κ1) is 21.0. The Hall–Kier alpha value is -3.56. The second-order valence-corrected chi connectivity index (χ2v) is 14.0. The molecule has 5 rings (SSSR count). The Labute approximate surface area is 205 Å². The van der Waals surface area contributed by atoms with Crippen molar-refractivity contribution in [3.05, 3.63) is 109 Å². The maximum absolute atomic E-state index is 9.01. The molecule has 0 bridgehead atoms. The van der Waals surface area contributed by atoms with Crippen LogP contribution in [0.3, 0.4) is 0 Å². The van der Waals surface area contributed by atoms with Crippen LogP contribution >= 0.6 is 0 Å². The smallest absolute Gasteiger partial charge is 0.220 e. The molecule has 0 aliphatic heterocycles. The van der Waals surface area contributed by atoms with Gasteiger partial charge in [-0.05, 0) is 41.6 Å². The van der Waals surface area contributed by atoms with E-state index in [1.807, 2.05) is 12.3 Å². The largest absolute Gasteiger partial charge is 0.264 e. The van der Waals surface area contributed by atoms with Crippen LogP contribution < -0.4 is 14.9 Å². The molecule has 0 atom stereocenters. The van der Waals surface area contributed by atoms with Crippen molar-refractivity contribution in [2.45, 2.75) is 26.9 Å². The lowest BCUT2D eigenvalue weighted by Crippen LogP contribution is -2.52. The highest BCUT2D eigenvalue weighted by molar-refractivity contribution is 7.00. The van der Waals surface area contributed by atoms with Crippen LogP contribution in [0.5, 0.6) is 0 Å².